The molecule has 1 aliphatic rings. The van der Waals surface area contributed by atoms with E-state index in [-0.39, 0.29) is 16.6 Å². The lowest BCUT2D eigenvalue weighted by Crippen LogP contribution is -2.34. The van der Waals surface area contributed by atoms with Crippen molar-refractivity contribution < 1.29 is 14.3 Å². The van der Waals surface area contributed by atoms with Crippen LogP contribution >= 0.6 is 0 Å². The molecule has 0 bridgehead atoms. The van der Waals surface area contributed by atoms with Crippen molar-refractivity contribution in [3.8, 4) is 0 Å². The number of carboxylic acid groups (broad SMARTS) is 1. The van der Waals surface area contributed by atoms with Gasteiger partial charge in [-0.05, 0) is 37.8 Å². The van der Waals surface area contributed by atoms with Crippen LogP contribution in [0.3, 0.4) is 0 Å². The minimum absolute atomic E-state index is 0.173. The molecular formula is C18H21FN2O3. The third kappa shape index (κ3) is 2.66. The van der Waals surface area contributed by atoms with Gasteiger partial charge in [-0.3, -0.25) is 4.79 Å². The highest BCUT2D eigenvalue weighted by molar-refractivity contribution is 5.98. The summed E-state index contributed by atoms with van der Waals surface area (Å²) in [5.74, 6) is -1.19. The first-order valence-electron chi connectivity index (χ1n) is 8.28. The van der Waals surface area contributed by atoms with Crippen molar-refractivity contribution in [2.75, 3.05) is 18.0 Å². The molecule has 1 aromatic heterocycles. The Kier molecular flexibility index (Phi) is 4.30. The number of piperidine rings is 1. The van der Waals surface area contributed by atoms with Gasteiger partial charge >= 0.3 is 5.97 Å². The van der Waals surface area contributed by atoms with Gasteiger partial charge in [0, 0.05) is 25.8 Å². The number of benzene rings is 1. The number of anilines is 1. The predicted molar refractivity (Wildman–Crippen MR) is 91.4 cm³/mol. The van der Waals surface area contributed by atoms with E-state index in [9.17, 15) is 19.1 Å². The topological polar surface area (TPSA) is 62.5 Å². The fourth-order valence-corrected chi connectivity index (χ4v) is 3.39. The van der Waals surface area contributed by atoms with Gasteiger partial charge in [0.25, 0.3) is 0 Å². The Hall–Kier alpha value is -2.37. The molecule has 5 nitrogen and oxygen atoms in total. The van der Waals surface area contributed by atoms with Crippen LogP contribution in [0.25, 0.3) is 10.9 Å². The summed E-state index contributed by atoms with van der Waals surface area (Å²) in [5, 5.41) is 9.50. The first kappa shape index (κ1) is 16.5. The number of aromatic carboxylic acids is 1. The lowest BCUT2D eigenvalue weighted by atomic mass is 9.97. The van der Waals surface area contributed by atoms with E-state index in [4.69, 9.17) is 0 Å². The molecule has 0 unspecified atom stereocenters. The number of pyridine rings is 1. The first-order chi connectivity index (χ1) is 11.4. The minimum atomic E-state index is -1.29. The monoisotopic (exact) mass is 332 g/mol. The van der Waals surface area contributed by atoms with Crippen LogP contribution in [0.15, 0.2) is 23.1 Å². The predicted octanol–water partition coefficient (Wildman–Crippen LogP) is 3.10. The smallest absolute Gasteiger partial charge is 0.341 e. The first-order valence-corrected chi connectivity index (χ1v) is 8.28. The third-order valence-corrected chi connectivity index (χ3v) is 4.84. The molecule has 1 saturated heterocycles. The second kappa shape index (κ2) is 6.26. The number of halogens is 1. The molecule has 0 amide bonds. The minimum Gasteiger partial charge on any atom is -0.477 e. The van der Waals surface area contributed by atoms with Crippen LogP contribution in [0.1, 0.15) is 37.0 Å². The number of aryl methyl sites for hydroxylation is 1. The van der Waals surface area contributed by atoms with Gasteiger partial charge < -0.3 is 14.6 Å². The summed E-state index contributed by atoms with van der Waals surface area (Å²) in [6.45, 7) is 5.85. The van der Waals surface area contributed by atoms with E-state index >= 15 is 0 Å². The fraction of sp³-hybridized carbons (Fsp3) is 0.444. The molecule has 128 valence electrons. The van der Waals surface area contributed by atoms with E-state index in [0.29, 0.717) is 31.1 Å². The van der Waals surface area contributed by atoms with Crippen LogP contribution < -0.4 is 10.3 Å². The molecule has 1 aliphatic heterocycles. The number of fused-ring (bicyclic) bond motifs is 1. The number of hydrogen-bond acceptors (Lipinski definition) is 3. The summed E-state index contributed by atoms with van der Waals surface area (Å²) in [6, 6.07) is 2.92. The zero-order chi connectivity index (χ0) is 17.4. The lowest BCUT2D eigenvalue weighted by Gasteiger charge is -2.33. The zero-order valence-corrected chi connectivity index (χ0v) is 13.9. The average molecular weight is 332 g/mol. The van der Waals surface area contributed by atoms with E-state index in [2.05, 4.69) is 6.92 Å². The third-order valence-electron chi connectivity index (χ3n) is 4.84. The highest BCUT2D eigenvalue weighted by atomic mass is 19.1. The Bertz CT molecular complexity index is 851. The molecule has 1 aromatic carbocycles. The van der Waals surface area contributed by atoms with Gasteiger partial charge in [0.1, 0.15) is 11.4 Å². The van der Waals surface area contributed by atoms with Crippen molar-refractivity contribution in [3.05, 3.63) is 39.9 Å². The lowest BCUT2D eigenvalue weighted by molar-refractivity contribution is 0.0695. The molecular weight excluding hydrogens is 311 g/mol. The highest BCUT2D eigenvalue weighted by Crippen LogP contribution is 2.31. The van der Waals surface area contributed by atoms with Crippen LogP contribution in [-0.4, -0.2) is 28.7 Å². The van der Waals surface area contributed by atoms with E-state index in [1.165, 1.54) is 12.3 Å². The van der Waals surface area contributed by atoms with Crippen molar-refractivity contribution >= 4 is 22.6 Å². The van der Waals surface area contributed by atoms with Gasteiger partial charge in [0.15, 0.2) is 0 Å². The summed E-state index contributed by atoms with van der Waals surface area (Å²) in [4.78, 5) is 26.0. The van der Waals surface area contributed by atoms with Crippen LogP contribution in [0.2, 0.25) is 0 Å². The molecule has 0 atom stereocenters. The molecule has 1 fully saturated rings. The molecule has 0 spiro atoms. The second-order valence-corrected chi connectivity index (χ2v) is 6.42. The summed E-state index contributed by atoms with van der Waals surface area (Å²) in [6.07, 6.45) is 3.19. The molecule has 2 aromatic rings. The second-order valence-electron chi connectivity index (χ2n) is 6.42. The summed E-state index contributed by atoms with van der Waals surface area (Å²) in [5.41, 5.74) is -0.117. The van der Waals surface area contributed by atoms with Gasteiger partial charge in [0.2, 0.25) is 5.43 Å². The molecule has 0 saturated carbocycles. The van der Waals surface area contributed by atoms with Crippen molar-refractivity contribution in [2.24, 2.45) is 5.92 Å². The van der Waals surface area contributed by atoms with Crippen LogP contribution in [-0.2, 0) is 6.54 Å². The van der Waals surface area contributed by atoms with Crippen molar-refractivity contribution in [2.45, 2.75) is 33.2 Å². The van der Waals surface area contributed by atoms with Gasteiger partial charge in [-0.2, -0.15) is 0 Å². The maximum absolute atomic E-state index is 14.6. The Morgan fingerprint density at radius 2 is 2.00 bits per heavy atom. The standard InChI is InChI=1S/C18H21FN2O3/c1-3-20-10-12(18(23)24)17(22)15-14(20)5-4-13(19)16(15)21-8-6-11(2)7-9-21/h4-5,10-11H,3,6-9H2,1-2H3,(H,23,24). The Balaban J connectivity index is 2.32. The summed E-state index contributed by atoms with van der Waals surface area (Å²) >= 11 is 0. The largest absolute Gasteiger partial charge is 0.477 e. The molecule has 0 radical (unpaired) electrons. The number of carbonyl (C=O) groups is 1. The average Bonchev–Trinajstić information content (AvgIpc) is 2.56. The number of aromatic nitrogens is 1. The number of rotatable bonds is 3. The maximum atomic E-state index is 14.6. The van der Waals surface area contributed by atoms with Gasteiger partial charge in [-0.25, -0.2) is 9.18 Å². The molecule has 3 rings (SSSR count). The highest BCUT2D eigenvalue weighted by Gasteiger charge is 2.25. The van der Waals surface area contributed by atoms with Gasteiger partial charge in [-0.1, -0.05) is 6.92 Å². The van der Waals surface area contributed by atoms with Crippen molar-refractivity contribution in [1.82, 2.24) is 4.57 Å². The SMILES string of the molecule is CCn1cc(C(=O)O)c(=O)c2c(N3CCC(C)CC3)c(F)ccc21. The normalized spacial score (nSPS) is 15.9. The van der Waals surface area contributed by atoms with Gasteiger partial charge in [0.05, 0.1) is 16.6 Å². The zero-order valence-electron chi connectivity index (χ0n) is 13.9. The molecule has 24 heavy (non-hydrogen) atoms. The summed E-state index contributed by atoms with van der Waals surface area (Å²) in [7, 11) is 0. The van der Waals surface area contributed by atoms with Crippen molar-refractivity contribution in [3.63, 3.8) is 0 Å². The Morgan fingerprint density at radius 1 is 1.33 bits per heavy atom. The van der Waals surface area contributed by atoms with E-state index < -0.39 is 17.2 Å². The number of hydrogen-bond donors (Lipinski definition) is 1. The van der Waals surface area contributed by atoms with Crippen LogP contribution in [0.4, 0.5) is 10.1 Å². The van der Waals surface area contributed by atoms with Gasteiger partial charge in [-0.15, -0.1) is 0 Å². The number of nitrogens with zero attached hydrogens (tertiary/aromatic N) is 2. The number of carboxylic acids is 1. The quantitative estimate of drug-likeness (QED) is 0.938. The fourth-order valence-electron chi connectivity index (χ4n) is 3.39. The Labute approximate surface area is 139 Å². The van der Waals surface area contributed by atoms with E-state index in [0.717, 1.165) is 12.8 Å². The molecule has 0 aliphatic carbocycles. The van der Waals surface area contributed by atoms with E-state index in [1.807, 2.05) is 11.8 Å². The molecule has 2 heterocycles. The Morgan fingerprint density at radius 3 is 2.58 bits per heavy atom. The maximum Gasteiger partial charge on any atom is 0.341 e. The van der Waals surface area contributed by atoms with Crippen LogP contribution in [0, 0.1) is 11.7 Å². The van der Waals surface area contributed by atoms with Crippen LogP contribution in [0.5, 0.6) is 0 Å². The van der Waals surface area contributed by atoms with E-state index in [1.54, 1.807) is 10.6 Å². The van der Waals surface area contributed by atoms with Crippen molar-refractivity contribution in [1.29, 1.82) is 0 Å². The summed E-state index contributed by atoms with van der Waals surface area (Å²) < 4.78 is 16.3. The molecule has 1 N–H and O–H groups in total. The molecule has 6 heteroatoms.